The third-order valence-corrected chi connectivity index (χ3v) is 2.75. The molecule has 0 aromatic heterocycles. The summed E-state index contributed by atoms with van der Waals surface area (Å²) >= 11 is 0. The highest BCUT2D eigenvalue weighted by Crippen LogP contribution is 2.07. The zero-order chi connectivity index (χ0) is 13.7. The molecule has 0 saturated heterocycles. The topological polar surface area (TPSA) is 24.7 Å². The number of hydrogen-bond donors (Lipinski definition) is 0. The predicted octanol–water partition coefficient (Wildman–Crippen LogP) is 3.90. The van der Waals surface area contributed by atoms with Crippen LogP contribution in [0.5, 0.6) is 0 Å². The lowest BCUT2D eigenvalue weighted by Crippen LogP contribution is -1.86. The van der Waals surface area contributed by atoms with Crippen LogP contribution in [0.4, 0.5) is 4.39 Å². The summed E-state index contributed by atoms with van der Waals surface area (Å²) in [6.07, 6.45) is 3.20. The minimum atomic E-state index is -0.230. The SMILES string of the molecule is Cc1ccc(C=NN=Cc2ccc(C)c(F)c2)cc1. The molecule has 0 N–H and O–H groups in total. The Bertz CT molecular complexity index is 613. The van der Waals surface area contributed by atoms with Crippen molar-refractivity contribution in [3.63, 3.8) is 0 Å². The average Bonchev–Trinajstić information content (AvgIpc) is 2.41. The molecule has 2 rings (SSSR count). The summed E-state index contributed by atoms with van der Waals surface area (Å²) in [6.45, 7) is 3.76. The summed E-state index contributed by atoms with van der Waals surface area (Å²) in [5.41, 5.74) is 3.51. The van der Waals surface area contributed by atoms with Gasteiger partial charge in [-0.15, -0.1) is 0 Å². The summed E-state index contributed by atoms with van der Waals surface area (Å²) < 4.78 is 13.3. The normalized spacial score (nSPS) is 11.5. The molecular formula is C16H15FN2. The Morgan fingerprint density at radius 2 is 1.42 bits per heavy atom. The van der Waals surface area contributed by atoms with Crippen LogP contribution in [0.2, 0.25) is 0 Å². The average molecular weight is 254 g/mol. The second-order valence-corrected chi connectivity index (χ2v) is 4.41. The Hall–Kier alpha value is -2.29. The van der Waals surface area contributed by atoms with E-state index < -0.39 is 0 Å². The van der Waals surface area contributed by atoms with Gasteiger partial charge in [0.2, 0.25) is 0 Å². The summed E-state index contributed by atoms with van der Waals surface area (Å²) in [6, 6.07) is 12.9. The van der Waals surface area contributed by atoms with Crippen molar-refractivity contribution in [2.45, 2.75) is 13.8 Å². The smallest absolute Gasteiger partial charge is 0.126 e. The fourth-order valence-electron chi connectivity index (χ4n) is 1.54. The lowest BCUT2D eigenvalue weighted by atomic mass is 10.1. The molecule has 3 heteroatoms. The molecule has 96 valence electrons. The Morgan fingerprint density at radius 3 is 2.05 bits per heavy atom. The first-order valence-electron chi connectivity index (χ1n) is 6.04. The number of halogens is 1. The molecule has 0 spiro atoms. The van der Waals surface area contributed by atoms with Crippen molar-refractivity contribution in [3.05, 3.63) is 70.5 Å². The van der Waals surface area contributed by atoms with E-state index in [0.29, 0.717) is 11.1 Å². The molecule has 2 nitrogen and oxygen atoms in total. The van der Waals surface area contributed by atoms with Gasteiger partial charge in [0.15, 0.2) is 0 Å². The molecule has 19 heavy (non-hydrogen) atoms. The minimum Gasteiger partial charge on any atom is -0.207 e. The number of nitrogens with zero attached hydrogens (tertiary/aromatic N) is 2. The molecule has 0 fully saturated rings. The van der Waals surface area contributed by atoms with Gasteiger partial charge in [-0.3, -0.25) is 0 Å². The zero-order valence-corrected chi connectivity index (χ0v) is 11.0. The van der Waals surface area contributed by atoms with Crippen LogP contribution >= 0.6 is 0 Å². The summed E-state index contributed by atoms with van der Waals surface area (Å²) in [4.78, 5) is 0. The highest BCUT2D eigenvalue weighted by atomic mass is 19.1. The van der Waals surface area contributed by atoms with Gasteiger partial charge in [0.1, 0.15) is 5.82 Å². The van der Waals surface area contributed by atoms with E-state index in [0.717, 1.165) is 5.56 Å². The third kappa shape index (κ3) is 3.85. The van der Waals surface area contributed by atoms with Crippen molar-refractivity contribution in [1.82, 2.24) is 0 Å². The second kappa shape index (κ2) is 6.05. The van der Waals surface area contributed by atoms with E-state index in [1.807, 2.05) is 37.3 Å². The fourth-order valence-corrected chi connectivity index (χ4v) is 1.54. The molecule has 0 unspecified atom stereocenters. The number of rotatable bonds is 3. The monoisotopic (exact) mass is 254 g/mol. The maximum absolute atomic E-state index is 13.3. The van der Waals surface area contributed by atoms with Crippen molar-refractivity contribution < 1.29 is 4.39 Å². The zero-order valence-electron chi connectivity index (χ0n) is 11.0. The number of aryl methyl sites for hydroxylation is 2. The van der Waals surface area contributed by atoms with Crippen molar-refractivity contribution in [2.24, 2.45) is 10.2 Å². The molecule has 0 aliphatic heterocycles. The molecule has 0 bridgehead atoms. The molecule has 2 aromatic carbocycles. The van der Waals surface area contributed by atoms with Gasteiger partial charge in [0.25, 0.3) is 0 Å². The van der Waals surface area contributed by atoms with E-state index in [-0.39, 0.29) is 5.82 Å². The quantitative estimate of drug-likeness (QED) is 0.586. The van der Waals surface area contributed by atoms with Crippen LogP contribution in [-0.4, -0.2) is 12.4 Å². The van der Waals surface area contributed by atoms with Gasteiger partial charge in [-0.1, -0.05) is 42.0 Å². The van der Waals surface area contributed by atoms with Crippen LogP contribution < -0.4 is 0 Å². The van der Waals surface area contributed by atoms with Crippen molar-refractivity contribution in [3.8, 4) is 0 Å². The second-order valence-electron chi connectivity index (χ2n) is 4.41. The summed E-state index contributed by atoms with van der Waals surface area (Å²) in [7, 11) is 0. The lowest BCUT2D eigenvalue weighted by Gasteiger charge is -1.96. The van der Waals surface area contributed by atoms with Crippen LogP contribution in [0.3, 0.4) is 0 Å². The predicted molar refractivity (Wildman–Crippen MR) is 77.5 cm³/mol. The Morgan fingerprint density at radius 1 is 0.842 bits per heavy atom. The van der Waals surface area contributed by atoms with Gasteiger partial charge in [0, 0.05) is 0 Å². The van der Waals surface area contributed by atoms with E-state index in [4.69, 9.17) is 0 Å². The molecule has 0 atom stereocenters. The van der Waals surface area contributed by atoms with Gasteiger partial charge in [-0.25, -0.2) is 4.39 Å². The van der Waals surface area contributed by atoms with Gasteiger partial charge in [-0.2, -0.15) is 10.2 Å². The van der Waals surface area contributed by atoms with E-state index in [2.05, 4.69) is 10.2 Å². The van der Waals surface area contributed by atoms with Crippen molar-refractivity contribution in [1.29, 1.82) is 0 Å². The maximum Gasteiger partial charge on any atom is 0.126 e. The molecular weight excluding hydrogens is 239 g/mol. The van der Waals surface area contributed by atoms with E-state index >= 15 is 0 Å². The van der Waals surface area contributed by atoms with Crippen LogP contribution in [0.1, 0.15) is 22.3 Å². The van der Waals surface area contributed by atoms with E-state index in [1.165, 1.54) is 17.8 Å². The van der Waals surface area contributed by atoms with Gasteiger partial charge >= 0.3 is 0 Å². The Balaban J connectivity index is 2.03. The Labute approximate surface area is 112 Å². The number of benzene rings is 2. The van der Waals surface area contributed by atoms with Crippen LogP contribution in [0, 0.1) is 19.7 Å². The first-order chi connectivity index (χ1) is 9.15. The first-order valence-corrected chi connectivity index (χ1v) is 6.04. The number of hydrogen-bond acceptors (Lipinski definition) is 2. The summed E-state index contributed by atoms with van der Waals surface area (Å²) in [5, 5.41) is 7.85. The molecule has 2 aromatic rings. The van der Waals surface area contributed by atoms with Gasteiger partial charge in [-0.05, 0) is 36.6 Å². The molecule has 0 amide bonds. The van der Waals surface area contributed by atoms with Crippen LogP contribution in [0.15, 0.2) is 52.7 Å². The molecule has 0 heterocycles. The van der Waals surface area contributed by atoms with Crippen molar-refractivity contribution in [2.75, 3.05) is 0 Å². The first kappa shape index (κ1) is 13.1. The molecule has 0 aliphatic carbocycles. The highest BCUT2D eigenvalue weighted by molar-refractivity contribution is 5.82. The van der Waals surface area contributed by atoms with E-state index in [1.54, 1.807) is 19.2 Å². The summed E-state index contributed by atoms with van der Waals surface area (Å²) in [5.74, 6) is -0.230. The fraction of sp³-hybridized carbons (Fsp3) is 0.125. The van der Waals surface area contributed by atoms with Gasteiger partial charge in [0.05, 0.1) is 12.4 Å². The molecule has 0 aliphatic rings. The van der Waals surface area contributed by atoms with Gasteiger partial charge < -0.3 is 0 Å². The Kier molecular flexibility index (Phi) is 4.18. The highest BCUT2D eigenvalue weighted by Gasteiger charge is 1.96. The standard InChI is InChI=1S/C16H15FN2/c1-12-3-6-14(7-4-12)10-18-19-11-15-8-5-13(2)16(17)9-15/h3-11H,1-2H3. The minimum absolute atomic E-state index is 0.230. The molecule has 0 saturated carbocycles. The molecule has 0 radical (unpaired) electrons. The third-order valence-electron chi connectivity index (χ3n) is 2.75. The largest absolute Gasteiger partial charge is 0.207 e. The van der Waals surface area contributed by atoms with Crippen LogP contribution in [-0.2, 0) is 0 Å². The lowest BCUT2D eigenvalue weighted by molar-refractivity contribution is 0.618. The van der Waals surface area contributed by atoms with Crippen LogP contribution in [0.25, 0.3) is 0 Å². The maximum atomic E-state index is 13.3. The van der Waals surface area contributed by atoms with Crippen molar-refractivity contribution >= 4 is 12.4 Å². The van der Waals surface area contributed by atoms with E-state index in [9.17, 15) is 4.39 Å².